The Bertz CT molecular complexity index is 243. The molecule has 2 N–H and O–H groups in total. The van der Waals surface area contributed by atoms with Crippen LogP contribution in [0.25, 0.3) is 0 Å². The molecule has 0 aromatic carbocycles. The first-order chi connectivity index (χ1) is 8.77. The lowest BCUT2D eigenvalue weighted by Crippen LogP contribution is -2.42. The predicted molar refractivity (Wildman–Crippen MR) is 77.0 cm³/mol. The minimum Gasteiger partial charge on any atom is -0.380 e. The first kappa shape index (κ1) is 15.3. The Morgan fingerprint density at radius 1 is 1.28 bits per heavy atom. The number of aliphatic imine (C=N–C) groups is 1. The highest BCUT2D eigenvalue weighted by molar-refractivity contribution is 5.79. The van der Waals surface area contributed by atoms with Gasteiger partial charge in [0.1, 0.15) is 0 Å². The second-order valence-electron chi connectivity index (χ2n) is 5.10. The van der Waals surface area contributed by atoms with Crippen molar-refractivity contribution in [2.45, 2.75) is 39.5 Å². The Balaban J connectivity index is 2.18. The summed E-state index contributed by atoms with van der Waals surface area (Å²) < 4.78 is 5.29. The highest BCUT2D eigenvalue weighted by atomic mass is 16.5. The highest BCUT2D eigenvalue weighted by Crippen LogP contribution is 2.28. The zero-order valence-corrected chi connectivity index (χ0v) is 12.2. The molecule has 0 amide bonds. The van der Waals surface area contributed by atoms with Crippen molar-refractivity contribution in [2.75, 3.05) is 33.4 Å². The molecule has 106 valence electrons. The zero-order chi connectivity index (χ0) is 13.2. The van der Waals surface area contributed by atoms with Crippen LogP contribution in [0.3, 0.4) is 0 Å². The Hall–Kier alpha value is -0.770. The number of hydrogen-bond acceptors (Lipinski definition) is 2. The van der Waals surface area contributed by atoms with Crippen LogP contribution < -0.4 is 10.6 Å². The van der Waals surface area contributed by atoms with Crippen LogP contribution in [0.4, 0.5) is 0 Å². The summed E-state index contributed by atoms with van der Waals surface area (Å²) in [6.45, 7) is 7.74. The molecule has 1 aliphatic rings. The van der Waals surface area contributed by atoms with Crippen LogP contribution in [-0.4, -0.2) is 39.3 Å². The van der Waals surface area contributed by atoms with Crippen molar-refractivity contribution in [3.63, 3.8) is 0 Å². The van der Waals surface area contributed by atoms with Crippen LogP contribution >= 0.6 is 0 Å². The van der Waals surface area contributed by atoms with E-state index in [0.717, 1.165) is 44.1 Å². The van der Waals surface area contributed by atoms with Gasteiger partial charge in [-0.05, 0) is 25.2 Å². The van der Waals surface area contributed by atoms with Crippen LogP contribution in [-0.2, 0) is 4.74 Å². The molecule has 1 saturated carbocycles. The average molecular weight is 255 g/mol. The quantitative estimate of drug-likeness (QED) is 0.433. The Morgan fingerprint density at radius 2 is 2.06 bits per heavy atom. The molecule has 1 rings (SSSR count). The summed E-state index contributed by atoms with van der Waals surface area (Å²) in [6.07, 6.45) is 5.51. The molecule has 1 fully saturated rings. The molecule has 0 radical (unpaired) electrons. The van der Waals surface area contributed by atoms with Crippen LogP contribution in [0.2, 0.25) is 0 Å². The van der Waals surface area contributed by atoms with E-state index >= 15 is 0 Å². The van der Waals surface area contributed by atoms with Crippen LogP contribution in [0.15, 0.2) is 4.99 Å². The second kappa shape index (κ2) is 9.20. The lowest BCUT2D eigenvalue weighted by molar-refractivity contribution is 0.152. The average Bonchev–Trinajstić information content (AvgIpc) is 2.40. The fourth-order valence-electron chi connectivity index (χ4n) is 2.53. The molecule has 0 heterocycles. The summed E-state index contributed by atoms with van der Waals surface area (Å²) in [5, 5.41) is 6.70. The van der Waals surface area contributed by atoms with Crippen LogP contribution in [0, 0.1) is 11.8 Å². The van der Waals surface area contributed by atoms with Crippen molar-refractivity contribution in [2.24, 2.45) is 16.8 Å². The molecule has 0 spiro atoms. The molecule has 4 nitrogen and oxygen atoms in total. The second-order valence-corrected chi connectivity index (χ2v) is 5.10. The van der Waals surface area contributed by atoms with Gasteiger partial charge in [-0.1, -0.05) is 26.2 Å². The third-order valence-corrected chi connectivity index (χ3v) is 3.79. The normalized spacial score (nSPS) is 24.9. The van der Waals surface area contributed by atoms with Gasteiger partial charge in [-0.2, -0.15) is 0 Å². The molecule has 1 aliphatic carbocycles. The van der Waals surface area contributed by atoms with Crippen LogP contribution in [0.1, 0.15) is 39.5 Å². The topological polar surface area (TPSA) is 45.6 Å². The van der Waals surface area contributed by atoms with Crippen molar-refractivity contribution < 1.29 is 4.74 Å². The van der Waals surface area contributed by atoms with Gasteiger partial charge in [-0.15, -0.1) is 0 Å². The lowest BCUT2D eigenvalue weighted by Gasteiger charge is -2.29. The third kappa shape index (κ3) is 5.71. The predicted octanol–water partition coefficient (Wildman–Crippen LogP) is 2.01. The SMILES string of the molecule is CCOCCNC(=NC)NCC1CCCCC1C. The minimum absolute atomic E-state index is 0.733. The molecule has 2 unspecified atom stereocenters. The molecular formula is C14H29N3O. The first-order valence-corrected chi connectivity index (χ1v) is 7.30. The minimum atomic E-state index is 0.733. The zero-order valence-electron chi connectivity index (χ0n) is 12.2. The van der Waals surface area contributed by atoms with E-state index in [1.54, 1.807) is 0 Å². The number of nitrogens with one attached hydrogen (secondary N) is 2. The van der Waals surface area contributed by atoms with Gasteiger partial charge in [0.05, 0.1) is 6.61 Å². The fraction of sp³-hybridized carbons (Fsp3) is 0.929. The van der Waals surface area contributed by atoms with Gasteiger partial charge in [-0.3, -0.25) is 4.99 Å². The Morgan fingerprint density at radius 3 is 2.72 bits per heavy atom. The summed E-state index contributed by atoms with van der Waals surface area (Å²) in [4.78, 5) is 4.23. The summed E-state index contributed by atoms with van der Waals surface area (Å²) in [5.41, 5.74) is 0. The molecule has 0 aliphatic heterocycles. The highest BCUT2D eigenvalue weighted by Gasteiger charge is 2.21. The molecule has 0 aromatic heterocycles. The number of guanidine groups is 1. The van der Waals surface area contributed by atoms with E-state index in [9.17, 15) is 0 Å². The van der Waals surface area contributed by atoms with Gasteiger partial charge in [0.15, 0.2) is 5.96 Å². The summed E-state index contributed by atoms with van der Waals surface area (Å²) in [7, 11) is 1.82. The van der Waals surface area contributed by atoms with Gasteiger partial charge in [0, 0.05) is 26.7 Å². The van der Waals surface area contributed by atoms with E-state index in [1.165, 1.54) is 25.7 Å². The maximum absolute atomic E-state index is 5.29. The van der Waals surface area contributed by atoms with Crippen molar-refractivity contribution in [3.05, 3.63) is 0 Å². The smallest absolute Gasteiger partial charge is 0.191 e. The number of ether oxygens (including phenoxy) is 1. The first-order valence-electron chi connectivity index (χ1n) is 7.30. The standard InChI is InChI=1S/C14H29N3O/c1-4-18-10-9-16-14(15-3)17-11-13-8-6-5-7-12(13)2/h12-13H,4-11H2,1-3H3,(H2,15,16,17). The van der Waals surface area contributed by atoms with Crippen molar-refractivity contribution in [1.82, 2.24) is 10.6 Å². The fourth-order valence-corrected chi connectivity index (χ4v) is 2.53. The molecule has 0 bridgehead atoms. The van der Waals surface area contributed by atoms with E-state index in [0.29, 0.717) is 0 Å². The van der Waals surface area contributed by atoms with Crippen molar-refractivity contribution in [1.29, 1.82) is 0 Å². The largest absolute Gasteiger partial charge is 0.380 e. The van der Waals surface area contributed by atoms with Gasteiger partial charge in [-0.25, -0.2) is 0 Å². The van der Waals surface area contributed by atoms with E-state index in [-0.39, 0.29) is 0 Å². The Kier molecular flexibility index (Phi) is 7.81. The number of hydrogen-bond donors (Lipinski definition) is 2. The van der Waals surface area contributed by atoms with E-state index in [1.807, 2.05) is 14.0 Å². The molecule has 2 atom stereocenters. The molecule has 4 heteroatoms. The monoisotopic (exact) mass is 255 g/mol. The maximum Gasteiger partial charge on any atom is 0.191 e. The van der Waals surface area contributed by atoms with Gasteiger partial charge < -0.3 is 15.4 Å². The molecule has 0 aromatic rings. The lowest BCUT2D eigenvalue weighted by atomic mass is 9.80. The van der Waals surface area contributed by atoms with Crippen LogP contribution in [0.5, 0.6) is 0 Å². The summed E-state index contributed by atoms with van der Waals surface area (Å²) in [6, 6.07) is 0. The number of nitrogens with zero attached hydrogens (tertiary/aromatic N) is 1. The number of rotatable bonds is 6. The van der Waals surface area contributed by atoms with Crippen molar-refractivity contribution in [3.8, 4) is 0 Å². The van der Waals surface area contributed by atoms with E-state index in [2.05, 4.69) is 22.5 Å². The van der Waals surface area contributed by atoms with E-state index < -0.39 is 0 Å². The van der Waals surface area contributed by atoms with Gasteiger partial charge >= 0.3 is 0 Å². The van der Waals surface area contributed by atoms with Gasteiger partial charge in [0.2, 0.25) is 0 Å². The third-order valence-electron chi connectivity index (χ3n) is 3.79. The molecule has 18 heavy (non-hydrogen) atoms. The summed E-state index contributed by atoms with van der Waals surface area (Å²) in [5.74, 6) is 2.53. The molecular weight excluding hydrogens is 226 g/mol. The van der Waals surface area contributed by atoms with Gasteiger partial charge in [0.25, 0.3) is 0 Å². The molecule has 0 saturated heterocycles. The maximum atomic E-state index is 5.29. The Labute approximate surface area is 112 Å². The van der Waals surface area contributed by atoms with Crippen molar-refractivity contribution >= 4 is 5.96 Å². The summed E-state index contributed by atoms with van der Waals surface area (Å²) >= 11 is 0. The van der Waals surface area contributed by atoms with E-state index in [4.69, 9.17) is 4.74 Å².